The Labute approximate surface area is 91.4 Å². The molecule has 15 heavy (non-hydrogen) atoms. The lowest BCUT2D eigenvalue weighted by Gasteiger charge is -2.05. The standard InChI is InChI=1S/C9H9ClN4O/c1-2-15-8-4-3-6(5-7(8)10)9-11-13-14-12-9/h3-5H,2H2,1H3,(H,11,12,13,14). The first-order valence-electron chi connectivity index (χ1n) is 4.47. The van der Waals surface area contributed by atoms with Crippen molar-refractivity contribution in [3.63, 3.8) is 0 Å². The van der Waals surface area contributed by atoms with Gasteiger partial charge in [-0.15, -0.1) is 10.2 Å². The van der Waals surface area contributed by atoms with Gasteiger partial charge in [0.05, 0.1) is 11.6 Å². The molecule has 1 aromatic heterocycles. The minimum absolute atomic E-state index is 0.514. The predicted molar refractivity (Wildman–Crippen MR) is 55.8 cm³/mol. The van der Waals surface area contributed by atoms with Gasteiger partial charge in [-0.25, -0.2) is 0 Å². The summed E-state index contributed by atoms with van der Waals surface area (Å²) in [6, 6.07) is 5.37. The molecule has 0 atom stereocenters. The number of aromatic amines is 1. The summed E-state index contributed by atoms with van der Waals surface area (Å²) in [7, 11) is 0. The van der Waals surface area contributed by atoms with Crippen molar-refractivity contribution in [2.24, 2.45) is 0 Å². The van der Waals surface area contributed by atoms with Crippen LogP contribution in [0, 0.1) is 0 Å². The van der Waals surface area contributed by atoms with Crippen molar-refractivity contribution in [2.45, 2.75) is 6.92 Å². The van der Waals surface area contributed by atoms with E-state index in [-0.39, 0.29) is 0 Å². The Balaban J connectivity index is 2.33. The fraction of sp³-hybridized carbons (Fsp3) is 0.222. The molecule has 0 radical (unpaired) electrons. The number of halogens is 1. The number of aromatic nitrogens is 4. The quantitative estimate of drug-likeness (QED) is 0.865. The van der Waals surface area contributed by atoms with Gasteiger partial charge in [0.25, 0.3) is 0 Å². The van der Waals surface area contributed by atoms with Crippen LogP contribution in [0.15, 0.2) is 18.2 Å². The number of nitrogens with one attached hydrogen (secondary N) is 1. The third-order valence-corrected chi connectivity index (χ3v) is 2.13. The van der Waals surface area contributed by atoms with Crippen LogP contribution in [0.3, 0.4) is 0 Å². The van der Waals surface area contributed by atoms with E-state index >= 15 is 0 Å². The highest BCUT2D eigenvalue weighted by Crippen LogP contribution is 2.28. The van der Waals surface area contributed by atoms with Crippen LogP contribution in [0.2, 0.25) is 5.02 Å². The van der Waals surface area contributed by atoms with E-state index in [2.05, 4.69) is 20.6 Å². The molecule has 1 heterocycles. The Morgan fingerprint density at radius 2 is 2.33 bits per heavy atom. The molecular formula is C9H9ClN4O. The number of rotatable bonds is 3. The molecule has 0 spiro atoms. The molecule has 0 saturated heterocycles. The normalized spacial score (nSPS) is 10.3. The average Bonchev–Trinajstić information content (AvgIpc) is 2.74. The van der Waals surface area contributed by atoms with Gasteiger partial charge in [-0.05, 0) is 30.3 Å². The van der Waals surface area contributed by atoms with E-state index in [4.69, 9.17) is 16.3 Å². The number of ether oxygens (including phenoxy) is 1. The second kappa shape index (κ2) is 4.27. The van der Waals surface area contributed by atoms with E-state index < -0.39 is 0 Å². The predicted octanol–water partition coefficient (Wildman–Crippen LogP) is 1.92. The summed E-state index contributed by atoms with van der Waals surface area (Å²) in [4.78, 5) is 0. The molecule has 0 aliphatic rings. The van der Waals surface area contributed by atoms with E-state index in [0.29, 0.717) is 23.2 Å². The van der Waals surface area contributed by atoms with Crippen molar-refractivity contribution in [1.82, 2.24) is 20.6 Å². The number of hydrogen-bond donors (Lipinski definition) is 1. The Morgan fingerprint density at radius 3 is 2.93 bits per heavy atom. The first-order chi connectivity index (χ1) is 7.31. The molecule has 2 rings (SSSR count). The molecule has 1 N–H and O–H groups in total. The maximum absolute atomic E-state index is 6.01. The molecule has 0 aliphatic carbocycles. The number of H-pyrrole nitrogens is 1. The molecule has 5 nitrogen and oxygen atoms in total. The molecule has 0 saturated carbocycles. The van der Waals surface area contributed by atoms with Crippen molar-refractivity contribution in [3.8, 4) is 17.1 Å². The molecule has 1 aromatic carbocycles. The summed E-state index contributed by atoms with van der Waals surface area (Å²) in [5, 5.41) is 14.1. The van der Waals surface area contributed by atoms with Gasteiger partial charge >= 0.3 is 0 Å². The van der Waals surface area contributed by atoms with Gasteiger partial charge in [0.1, 0.15) is 5.75 Å². The van der Waals surface area contributed by atoms with Crippen LogP contribution in [0.25, 0.3) is 11.4 Å². The first-order valence-corrected chi connectivity index (χ1v) is 4.85. The third kappa shape index (κ3) is 2.07. The molecule has 0 fully saturated rings. The highest BCUT2D eigenvalue weighted by Gasteiger charge is 2.06. The van der Waals surface area contributed by atoms with Gasteiger partial charge in [-0.3, -0.25) is 0 Å². The SMILES string of the molecule is CCOc1ccc(-c2nn[nH]n2)cc1Cl. The van der Waals surface area contributed by atoms with Gasteiger partial charge in [-0.2, -0.15) is 5.21 Å². The van der Waals surface area contributed by atoms with E-state index in [9.17, 15) is 0 Å². The minimum atomic E-state index is 0.514. The molecular weight excluding hydrogens is 216 g/mol. The number of tetrazole rings is 1. The molecule has 2 aromatic rings. The summed E-state index contributed by atoms with van der Waals surface area (Å²) in [6.07, 6.45) is 0. The van der Waals surface area contributed by atoms with Crippen LogP contribution in [-0.4, -0.2) is 27.2 Å². The van der Waals surface area contributed by atoms with Gasteiger partial charge in [0, 0.05) is 5.56 Å². The lowest BCUT2D eigenvalue weighted by atomic mass is 10.2. The van der Waals surface area contributed by atoms with E-state index in [0.717, 1.165) is 5.56 Å². The molecule has 6 heteroatoms. The van der Waals surface area contributed by atoms with E-state index in [1.807, 2.05) is 13.0 Å². The Morgan fingerprint density at radius 1 is 1.47 bits per heavy atom. The van der Waals surface area contributed by atoms with Gasteiger partial charge in [0.15, 0.2) is 0 Å². The zero-order valence-electron chi connectivity index (χ0n) is 8.07. The summed E-state index contributed by atoms with van der Waals surface area (Å²) < 4.78 is 5.31. The zero-order chi connectivity index (χ0) is 10.7. The average molecular weight is 225 g/mol. The molecule has 0 aliphatic heterocycles. The maximum Gasteiger partial charge on any atom is 0.204 e. The molecule has 78 valence electrons. The molecule has 0 unspecified atom stereocenters. The molecule has 0 bridgehead atoms. The second-order valence-corrected chi connectivity index (χ2v) is 3.22. The van der Waals surface area contributed by atoms with E-state index in [1.54, 1.807) is 12.1 Å². The monoisotopic (exact) mass is 224 g/mol. The maximum atomic E-state index is 6.01. The van der Waals surface area contributed by atoms with Crippen LogP contribution in [0.1, 0.15) is 6.92 Å². The lowest BCUT2D eigenvalue weighted by Crippen LogP contribution is -1.92. The van der Waals surface area contributed by atoms with Crippen molar-refractivity contribution < 1.29 is 4.74 Å². The van der Waals surface area contributed by atoms with Gasteiger partial charge < -0.3 is 4.74 Å². The second-order valence-electron chi connectivity index (χ2n) is 2.81. The fourth-order valence-electron chi connectivity index (χ4n) is 1.20. The fourth-order valence-corrected chi connectivity index (χ4v) is 1.43. The summed E-state index contributed by atoms with van der Waals surface area (Å²) in [5.74, 6) is 1.17. The number of nitrogens with zero attached hydrogens (tertiary/aromatic N) is 3. The zero-order valence-corrected chi connectivity index (χ0v) is 8.82. The number of hydrogen-bond acceptors (Lipinski definition) is 4. The molecule has 0 amide bonds. The van der Waals surface area contributed by atoms with Crippen molar-refractivity contribution in [1.29, 1.82) is 0 Å². The topological polar surface area (TPSA) is 63.7 Å². The summed E-state index contributed by atoms with van der Waals surface area (Å²) in [5.41, 5.74) is 0.803. The Hall–Kier alpha value is -1.62. The van der Waals surface area contributed by atoms with Crippen molar-refractivity contribution in [2.75, 3.05) is 6.61 Å². The summed E-state index contributed by atoms with van der Waals surface area (Å²) in [6.45, 7) is 2.49. The van der Waals surface area contributed by atoms with Gasteiger partial charge in [0.2, 0.25) is 5.82 Å². The Kier molecular flexibility index (Phi) is 2.82. The Bertz CT molecular complexity index is 443. The number of benzene rings is 1. The minimum Gasteiger partial charge on any atom is -0.492 e. The lowest BCUT2D eigenvalue weighted by molar-refractivity contribution is 0.340. The van der Waals surface area contributed by atoms with Crippen LogP contribution in [-0.2, 0) is 0 Å². The van der Waals surface area contributed by atoms with Gasteiger partial charge in [-0.1, -0.05) is 11.6 Å². The smallest absolute Gasteiger partial charge is 0.204 e. The largest absolute Gasteiger partial charge is 0.492 e. The van der Waals surface area contributed by atoms with Crippen LogP contribution < -0.4 is 4.74 Å². The van der Waals surface area contributed by atoms with Crippen LogP contribution >= 0.6 is 11.6 Å². The van der Waals surface area contributed by atoms with Crippen LogP contribution in [0.4, 0.5) is 0 Å². The van der Waals surface area contributed by atoms with E-state index in [1.165, 1.54) is 0 Å². The first kappa shape index (κ1) is 9.92. The third-order valence-electron chi connectivity index (χ3n) is 1.84. The van der Waals surface area contributed by atoms with Crippen molar-refractivity contribution in [3.05, 3.63) is 23.2 Å². The summed E-state index contributed by atoms with van der Waals surface area (Å²) >= 11 is 6.01. The highest BCUT2D eigenvalue weighted by molar-refractivity contribution is 6.32. The van der Waals surface area contributed by atoms with Crippen LogP contribution in [0.5, 0.6) is 5.75 Å². The highest BCUT2D eigenvalue weighted by atomic mass is 35.5. The van der Waals surface area contributed by atoms with Crippen molar-refractivity contribution >= 4 is 11.6 Å².